The number of hydrogen-bond acceptors (Lipinski definition) is 6. The van der Waals surface area contributed by atoms with Gasteiger partial charge in [-0.05, 0) is 41.8 Å². The minimum Gasteiger partial charge on any atom is -0.504 e. The first-order chi connectivity index (χ1) is 11.5. The average Bonchev–Trinajstić information content (AvgIpc) is 2.58. The number of aromatic hydroxyl groups is 2. The number of phenols is 2. The van der Waals surface area contributed by atoms with Crippen molar-refractivity contribution >= 4 is 0 Å². The lowest BCUT2D eigenvalue weighted by Gasteiger charge is -2.14. The Morgan fingerprint density at radius 3 is 2.29 bits per heavy atom. The number of nitrogens with one attached hydrogen (secondary N) is 1. The van der Waals surface area contributed by atoms with E-state index in [0.717, 1.165) is 17.5 Å². The van der Waals surface area contributed by atoms with Gasteiger partial charge in [0.2, 0.25) is 0 Å². The Morgan fingerprint density at radius 2 is 1.62 bits per heavy atom. The number of ether oxygens (including phenoxy) is 2. The second-order valence-corrected chi connectivity index (χ2v) is 5.44. The van der Waals surface area contributed by atoms with E-state index in [4.69, 9.17) is 9.47 Å². The van der Waals surface area contributed by atoms with Crippen LogP contribution in [-0.2, 0) is 12.8 Å². The second-order valence-electron chi connectivity index (χ2n) is 5.44. The lowest BCUT2D eigenvalue weighted by atomic mass is 10.1. The van der Waals surface area contributed by atoms with Gasteiger partial charge in [-0.3, -0.25) is 5.32 Å². The molecule has 2 aromatic carbocycles. The van der Waals surface area contributed by atoms with Crippen LogP contribution in [0.5, 0.6) is 23.0 Å². The van der Waals surface area contributed by atoms with E-state index in [1.807, 2.05) is 18.2 Å². The van der Waals surface area contributed by atoms with Crippen molar-refractivity contribution in [2.75, 3.05) is 20.8 Å². The number of methoxy groups -OCH3 is 2. The molecule has 24 heavy (non-hydrogen) atoms. The van der Waals surface area contributed by atoms with Gasteiger partial charge in [0.1, 0.15) is 6.23 Å². The fourth-order valence-electron chi connectivity index (χ4n) is 2.41. The maximum absolute atomic E-state index is 10.0. The van der Waals surface area contributed by atoms with Crippen LogP contribution in [0.1, 0.15) is 11.1 Å². The third kappa shape index (κ3) is 4.78. The van der Waals surface area contributed by atoms with E-state index in [0.29, 0.717) is 24.5 Å². The van der Waals surface area contributed by atoms with E-state index in [1.54, 1.807) is 20.3 Å². The predicted octanol–water partition coefficient (Wildman–Crippen LogP) is 1.81. The molecule has 6 nitrogen and oxygen atoms in total. The normalized spacial score (nSPS) is 12.0. The molecule has 0 amide bonds. The van der Waals surface area contributed by atoms with Gasteiger partial charge in [0.05, 0.1) is 14.2 Å². The van der Waals surface area contributed by atoms with E-state index in [9.17, 15) is 15.3 Å². The van der Waals surface area contributed by atoms with Gasteiger partial charge in [-0.2, -0.15) is 0 Å². The van der Waals surface area contributed by atoms with Gasteiger partial charge < -0.3 is 24.8 Å². The van der Waals surface area contributed by atoms with Crippen molar-refractivity contribution in [2.45, 2.75) is 19.1 Å². The first kappa shape index (κ1) is 17.9. The first-order valence-electron chi connectivity index (χ1n) is 7.66. The minimum atomic E-state index is -0.742. The number of aliphatic hydroxyl groups is 1. The third-order valence-electron chi connectivity index (χ3n) is 3.71. The van der Waals surface area contributed by atoms with Crippen LogP contribution < -0.4 is 14.8 Å². The Labute approximate surface area is 141 Å². The molecule has 0 spiro atoms. The van der Waals surface area contributed by atoms with Gasteiger partial charge in [0, 0.05) is 13.0 Å². The maximum Gasteiger partial charge on any atom is 0.160 e. The van der Waals surface area contributed by atoms with Crippen molar-refractivity contribution < 1.29 is 24.8 Å². The molecule has 0 saturated heterocycles. The molecule has 2 rings (SSSR count). The Bertz CT molecular complexity index is 674. The summed E-state index contributed by atoms with van der Waals surface area (Å²) in [5.74, 6) is 0.996. The van der Waals surface area contributed by atoms with Gasteiger partial charge >= 0.3 is 0 Å². The average molecular weight is 333 g/mol. The third-order valence-corrected chi connectivity index (χ3v) is 3.71. The van der Waals surface area contributed by atoms with Gasteiger partial charge in [-0.15, -0.1) is 0 Å². The molecule has 0 saturated carbocycles. The Morgan fingerprint density at radius 1 is 0.917 bits per heavy atom. The highest BCUT2D eigenvalue weighted by Gasteiger charge is 2.08. The predicted molar refractivity (Wildman–Crippen MR) is 90.7 cm³/mol. The molecule has 0 aliphatic rings. The fourth-order valence-corrected chi connectivity index (χ4v) is 2.41. The van der Waals surface area contributed by atoms with Crippen LogP contribution in [0.3, 0.4) is 0 Å². The van der Waals surface area contributed by atoms with Crippen molar-refractivity contribution in [3.05, 3.63) is 47.5 Å². The molecule has 0 bridgehead atoms. The molecule has 0 aliphatic heterocycles. The van der Waals surface area contributed by atoms with Crippen molar-refractivity contribution in [1.29, 1.82) is 0 Å². The summed E-state index contributed by atoms with van der Waals surface area (Å²) in [6.07, 6.45) is 0.312. The fraction of sp³-hybridized carbons (Fsp3) is 0.333. The summed E-state index contributed by atoms with van der Waals surface area (Å²) in [5, 5.41) is 31.8. The summed E-state index contributed by atoms with van der Waals surface area (Å²) in [7, 11) is 3.19. The van der Waals surface area contributed by atoms with E-state index < -0.39 is 6.23 Å². The summed E-state index contributed by atoms with van der Waals surface area (Å²) >= 11 is 0. The highest BCUT2D eigenvalue weighted by atomic mass is 16.5. The molecule has 0 heterocycles. The molecule has 0 aromatic heterocycles. The van der Waals surface area contributed by atoms with E-state index in [-0.39, 0.29) is 11.5 Å². The zero-order valence-corrected chi connectivity index (χ0v) is 13.8. The smallest absolute Gasteiger partial charge is 0.160 e. The molecule has 2 aromatic rings. The zero-order chi connectivity index (χ0) is 17.5. The van der Waals surface area contributed by atoms with Gasteiger partial charge in [-0.1, -0.05) is 12.1 Å². The lowest BCUT2D eigenvalue weighted by Crippen LogP contribution is -2.32. The molecule has 0 radical (unpaired) electrons. The molecule has 4 N–H and O–H groups in total. The lowest BCUT2D eigenvalue weighted by molar-refractivity contribution is 0.138. The SMILES string of the molecule is COc1ccc(CCN[C@@H](O)Cc2ccc(O)c(O)c2)cc1OC. The molecular weight excluding hydrogens is 310 g/mol. The summed E-state index contributed by atoms with van der Waals surface area (Å²) in [5.41, 5.74) is 1.80. The van der Waals surface area contributed by atoms with E-state index in [1.165, 1.54) is 12.1 Å². The highest BCUT2D eigenvalue weighted by Crippen LogP contribution is 2.27. The number of hydrogen-bond donors (Lipinski definition) is 4. The second kappa shape index (κ2) is 8.42. The van der Waals surface area contributed by atoms with Crippen LogP contribution in [0.2, 0.25) is 0 Å². The standard InChI is InChI=1S/C18H23NO5/c1-23-16-6-4-12(10-17(16)24-2)7-8-19-18(22)11-13-3-5-14(20)15(21)9-13/h3-6,9-10,18-22H,7-8,11H2,1-2H3/t18-/m0/s1. The van der Waals surface area contributed by atoms with Gasteiger partial charge in [0.15, 0.2) is 23.0 Å². The molecular formula is C18H23NO5. The molecule has 0 aliphatic carbocycles. The largest absolute Gasteiger partial charge is 0.504 e. The van der Waals surface area contributed by atoms with Gasteiger partial charge in [-0.25, -0.2) is 0 Å². The van der Waals surface area contributed by atoms with Crippen LogP contribution >= 0.6 is 0 Å². The van der Waals surface area contributed by atoms with Crippen LogP contribution in [0.4, 0.5) is 0 Å². The van der Waals surface area contributed by atoms with Gasteiger partial charge in [0.25, 0.3) is 0 Å². The number of phenolic OH excluding ortho intramolecular Hbond substituents is 2. The summed E-state index contributed by atoms with van der Waals surface area (Å²) in [6, 6.07) is 10.2. The van der Waals surface area contributed by atoms with Crippen molar-refractivity contribution in [3.8, 4) is 23.0 Å². The van der Waals surface area contributed by atoms with Crippen LogP contribution in [0, 0.1) is 0 Å². The summed E-state index contributed by atoms with van der Waals surface area (Å²) in [4.78, 5) is 0. The van der Waals surface area contributed by atoms with Crippen LogP contribution in [0.15, 0.2) is 36.4 Å². The summed E-state index contributed by atoms with van der Waals surface area (Å²) < 4.78 is 10.5. The van der Waals surface area contributed by atoms with Crippen molar-refractivity contribution in [3.63, 3.8) is 0 Å². The minimum absolute atomic E-state index is 0.172. The monoisotopic (exact) mass is 333 g/mol. The maximum atomic E-state index is 10.0. The Kier molecular flexibility index (Phi) is 6.28. The summed E-state index contributed by atoms with van der Waals surface area (Å²) in [6.45, 7) is 0.584. The van der Waals surface area contributed by atoms with E-state index >= 15 is 0 Å². The van der Waals surface area contributed by atoms with Crippen molar-refractivity contribution in [1.82, 2.24) is 5.32 Å². The molecule has 6 heteroatoms. The molecule has 0 unspecified atom stereocenters. The van der Waals surface area contributed by atoms with Crippen LogP contribution in [-0.4, -0.2) is 42.3 Å². The Balaban J connectivity index is 1.83. The quantitative estimate of drug-likeness (QED) is 0.435. The molecule has 0 fully saturated rings. The number of rotatable bonds is 8. The highest BCUT2D eigenvalue weighted by molar-refractivity contribution is 5.43. The number of aliphatic hydroxyl groups excluding tert-OH is 1. The Hall–Kier alpha value is -2.44. The first-order valence-corrected chi connectivity index (χ1v) is 7.66. The topological polar surface area (TPSA) is 91.2 Å². The number of benzene rings is 2. The molecule has 130 valence electrons. The molecule has 1 atom stereocenters. The van der Waals surface area contributed by atoms with E-state index in [2.05, 4.69) is 5.32 Å². The zero-order valence-electron chi connectivity index (χ0n) is 13.8. The van der Waals surface area contributed by atoms with Crippen LogP contribution in [0.25, 0.3) is 0 Å². The van der Waals surface area contributed by atoms with Crippen molar-refractivity contribution in [2.24, 2.45) is 0 Å².